The first kappa shape index (κ1) is 19.6. The number of hydrogen-bond donors (Lipinski definition) is 0. The Morgan fingerprint density at radius 1 is 0.933 bits per heavy atom. The Hall–Kier alpha value is -3.68. The zero-order chi connectivity index (χ0) is 21.5. The summed E-state index contributed by atoms with van der Waals surface area (Å²) >= 11 is 0. The Morgan fingerprint density at radius 3 is 2.23 bits per heavy atom. The second-order valence-corrected chi connectivity index (χ2v) is 6.93. The lowest BCUT2D eigenvalue weighted by molar-refractivity contribution is -0.385. The fourth-order valence-electron chi connectivity index (χ4n) is 3.75. The summed E-state index contributed by atoms with van der Waals surface area (Å²) in [6.07, 6.45) is -4.47. The summed E-state index contributed by atoms with van der Waals surface area (Å²) in [5.74, 6) is -0.325. The van der Waals surface area contributed by atoms with Gasteiger partial charge < -0.3 is 4.90 Å². The molecule has 0 spiro atoms. The lowest BCUT2D eigenvalue weighted by atomic mass is 9.96. The molecule has 0 aliphatic carbocycles. The van der Waals surface area contributed by atoms with Crippen molar-refractivity contribution in [2.24, 2.45) is 0 Å². The highest BCUT2D eigenvalue weighted by Gasteiger charge is 2.39. The summed E-state index contributed by atoms with van der Waals surface area (Å²) in [5.41, 5.74) is 1.03. The summed E-state index contributed by atoms with van der Waals surface area (Å²) in [7, 11) is 0. The van der Waals surface area contributed by atoms with Gasteiger partial charge >= 0.3 is 6.18 Å². The third kappa shape index (κ3) is 3.41. The topological polar surface area (TPSA) is 63.5 Å². The van der Waals surface area contributed by atoms with Crippen molar-refractivity contribution in [1.29, 1.82) is 0 Å². The fraction of sp³-hybridized carbons (Fsp3) is 0.136. The third-order valence-electron chi connectivity index (χ3n) is 5.14. The molecule has 3 aromatic carbocycles. The molecule has 0 radical (unpaired) electrons. The number of hydrogen-bond acceptors (Lipinski definition) is 3. The van der Waals surface area contributed by atoms with Crippen molar-refractivity contribution in [2.75, 3.05) is 0 Å². The summed E-state index contributed by atoms with van der Waals surface area (Å²) in [4.78, 5) is 25.4. The summed E-state index contributed by atoms with van der Waals surface area (Å²) in [6, 6.07) is 16.9. The molecule has 3 aromatic rings. The number of nitro groups is 1. The van der Waals surface area contributed by atoms with Crippen LogP contribution in [0, 0.1) is 10.1 Å². The molecule has 8 heteroatoms. The van der Waals surface area contributed by atoms with Crippen LogP contribution < -0.4 is 0 Å². The van der Waals surface area contributed by atoms with Gasteiger partial charge in [-0.3, -0.25) is 14.9 Å². The maximum absolute atomic E-state index is 13.1. The molecule has 0 bridgehead atoms. The van der Waals surface area contributed by atoms with Gasteiger partial charge in [-0.25, -0.2) is 0 Å². The van der Waals surface area contributed by atoms with Crippen molar-refractivity contribution in [2.45, 2.75) is 18.8 Å². The van der Waals surface area contributed by atoms with Crippen LogP contribution in [0.25, 0.3) is 0 Å². The third-order valence-corrected chi connectivity index (χ3v) is 5.14. The summed E-state index contributed by atoms with van der Waals surface area (Å²) in [5, 5.41) is 11.4. The van der Waals surface area contributed by atoms with Crippen LogP contribution in [0.2, 0.25) is 0 Å². The molecule has 5 nitrogen and oxygen atoms in total. The SMILES string of the molecule is O=C1c2ccccc2C(c2ccc(C(F)(F)F)cc2)N1Cc1ccccc1[N+](=O)[O-]. The molecule has 4 rings (SSSR count). The number of nitro benzene ring substituents is 1. The van der Waals surface area contributed by atoms with E-state index in [1.807, 2.05) is 0 Å². The number of benzene rings is 3. The highest BCUT2D eigenvalue weighted by Crippen LogP contribution is 2.41. The Morgan fingerprint density at radius 2 is 1.57 bits per heavy atom. The maximum Gasteiger partial charge on any atom is 0.416 e. The van der Waals surface area contributed by atoms with Crippen LogP contribution in [0.3, 0.4) is 0 Å². The first-order chi connectivity index (χ1) is 14.3. The molecule has 1 aliphatic heterocycles. The summed E-state index contributed by atoms with van der Waals surface area (Å²) in [6.45, 7) is -0.0453. The van der Waals surface area contributed by atoms with E-state index in [-0.39, 0.29) is 18.1 Å². The van der Waals surface area contributed by atoms with Crippen molar-refractivity contribution in [1.82, 2.24) is 4.90 Å². The number of nitrogens with zero attached hydrogens (tertiary/aromatic N) is 2. The number of carbonyl (C=O) groups excluding carboxylic acids is 1. The van der Waals surface area contributed by atoms with Crippen LogP contribution >= 0.6 is 0 Å². The molecule has 1 atom stereocenters. The Labute approximate surface area is 169 Å². The minimum Gasteiger partial charge on any atom is -0.323 e. The second kappa shape index (κ2) is 7.29. The first-order valence-electron chi connectivity index (χ1n) is 9.06. The number of carbonyl (C=O) groups is 1. The smallest absolute Gasteiger partial charge is 0.323 e. The van der Waals surface area contributed by atoms with Gasteiger partial charge in [-0.1, -0.05) is 48.5 Å². The molecule has 152 valence electrons. The second-order valence-electron chi connectivity index (χ2n) is 6.93. The first-order valence-corrected chi connectivity index (χ1v) is 9.06. The number of para-hydroxylation sites is 1. The van der Waals surface area contributed by atoms with Crippen LogP contribution in [-0.4, -0.2) is 15.7 Å². The maximum atomic E-state index is 13.1. The zero-order valence-corrected chi connectivity index (χ0v) is 15.5. The molecule has 30 heavy (non-hydrogen) atoms. The van der Waals surface area contributed by atoms with E-state index in [9.17, 15) is 28.1 Å². The van der Waals surface area contributed by atoms with Gasteiger partial charge in [0.05, 0.1) is 23.1 Å². The minimum atomic E-state index is -4.47. The van der Waals surface area contributed by atoms with E-state index in [1.54, 1.807) is 36.4 Å². The number of halogens is 3. The fourth-order valence-corrected chi connectivity index (χ4v) is 3.75. The lowest BCUT2D eigenvalue weighted by Crippen LogP contribution is -2.28. The van der Waals surface area contributed by atoms with Gasteiger partial charge in [0.1, 0.15) is 0 Å². The van der Waals surface area contributed by atoms with Gasteiger partial charge in [0.15, 0.2) is 0 Å². The predicted molar refractivity (Wildman–Crippen MR) is 103 cm³/mol. The van der Waals surface area contributed by atoms with Gasteiger partial charge in [0.25, 0.3) is 11.6 Å². The van der Waals surface area contributed by atoms with Crippen molar-refractivity contribution >= 4 is 11.6 Å². The highest BCUT2D eigenvalue weighted by molar-refractivity contribution is 5.99. The average molecular weight is 412 g/mol. The Bertz CT molecular complexity index is 1130. The molecule has 0 aromatic heterocycles. The van der Waals surface area contributed by atoms with Crippen molar-refractivity contribution in [3.63, 3.8) is 0 Å². The van der Waals surface area contributed by atoms with E-state index < -0.39 is 22.7 Å². The largest absolute Gasteiger partial charge is 0.416 e. The van der Waals surface area contributed by atoms with Crippen LogP contribution in [0.15, 0.2) is 72.8 Å². The quantitative estimate of drug-likeness (QED) is 0.428. The van der Waals surface area contributed by atoms with E-state index in [0.29, 0.717) is 22.3 Å². The Kier molecular flexibility index (Phi) is 4.77. The zero-order valence-electron chi connectivity index (χ0n) is 15.5. The van der Waals surface area contributed by atoms with E-state index >= 15 is 0 Å². The van der Waals surface area contributed by atoms with E-state index in [4.69, 9.17) is 0 Å². The van der Waals surface area contributed by atoms with Gasteiger partial charge in [-0.05, 0) is 29.3 Å². The van der Waals surface area contributed by atoms with Crippen LogP contribution in [0.1, 0.15) is 38.7 Å². The molecule has 0 saturated heterocycles. The number of alkyl halides is 3. The van der Waals surface area contributed by atoms with Crippen LogP contribution in [0.4, 0.5) is 18.9 Å². The van der Waals surface area contributed by atoms with E-state index in [1.165, 1.54) is 29.2 Å². The molecule has 1 unspecified atom stereocenters. The van der Waals surface area contributed by atoms with Crippen LogP contribution in [0.5, 0.6) is 0 Å². The standard InChI is InChI=1S/C22H15F3N2O3/c23-22(24,25)16-11-9-14(10-12-16)20-17-6-2-3-7-18(17)21(28)26(20)13-15-5-1-4-8-19(15)27(29)30/h1-12,20H,13H2. The van der Waals surface area contributed by atoms with E-state index in [2.05, 4.69) is 0 Å². The molecule has 0 saturated carbocycles. The normalized spacial score (nSPS) is 15.9. The molecular weight excluding hydrogens is 397 g/mol. The number of fused-ring (bicyclic) bond motifs is 1. The van der Waals surface area contributed by atoms with Crippen molar-refractivity contribution in [3.8, 4) is 0 Å². The summed E-state index contributed by atoms with van der Waals surface area (Å²) < 4.78 is 38.9. The monoisotopic (exact) mass is 412 g/mol. The molecule has 1 heterocycles. The average Bonchev–Trinajstić information content (AvgIpc) is 3.00. The van der Waals surface area contributed by atoms with Gasteiger partial charge in [0, 0.05) is 17.2 Å². The predicted octanol–water partition coefficient (Wildman–Crippen LogP) is 5.36. The lowest BCUT2D eigenvalue weighted by Gasteiger charge is -2.26. The van der Waals surface area contributed by atoms with Gasteiger partial charge in [0.2, 0.25) is 0 Å². The molecular formula is C22H15F3N2O3. The Balaban J connectivity index is 1.78. The highest BCUT2D eigenvalue weighted by atomic mass is 19.4. The van der Waals surface area contributed by atoms with E-state index in [0.717, 1.165) is 12.1 Å². The van der Waals surface area contributed by atoms with Crippen molar-refractivity contribution in [3.05, 3.63) is 111 Å². The van der Waals surface area contributed by atoms with Crippen molar-refractivity contribution < 1.29 is 22.9 Å². The number of amides is 1. The van der Waals surface area contributed by atoms with Gasteiger partial charge in [-0.2, -0.15) is 13.2 Å². The molecule has 0 N–H and O–H groups in total. The molecule has 0 fully saturated rings. The molecule has 1 amide bonds. The van der Waals surface area contributed by atoms with Gasteiger partial charge in [-0.15, -0.1) is 0 Å². The molecule has 1 aliphatic rings. The minimum absolute atomic E-state index is 0.0453. The number of rotatable bonds is 4. The van der Waals surface area contributed by atoms with Crippen LogP contribution in [-0.2, 0) is 12.7 Å².